The predicted molar refractivity (Wildman–Crippen MR) is 483 cm³/mol. The largest absolute Gasteiger partial charge is 0.508 e. The third kappa shape index (κ3) is 29.7. The van der Waals surface area contributed by atoms with Crippen molar-refractivity contribution >= 4 is 152 Å². The Bertz CT molecular complexity index is 5130. The molecule has 8 rings (SSSR count). The van der Waals surface area contributed by atoms with Crippen molar-refractivity contribution in [2.24, 2.45) is 23.1 Å². The van der Waals surface area contributed by atoms with Crippen LogP contribution in [0.1, 0.15) is 147 Å². The number of amides is 16. The molecule has 3 fully saturated rings. The molecule has 0 bridgehead atoms. The number of Topliss-reactive ketones (excluding diaryl/α,β-unsaturated/α-hetero) is 1. The third-order valence-corrected chi connectivity index (χ3v) is 25.0. The average molecular weight is 1890 g/mol. The molecule has 3 aliphatic rings. The van der Waals surface area contributed by atoms with Crippen molar-refractivity contribution in [2.75, 3.05) is 58.8 Å². The molecule has 0 saturated carbocycles. The summed E-state index contributed by atoms with van der Waals surface area (Å²) >= 11 is 0.678. The number of phenolic OH excluding ortho intramolecular Hbond substituents is 1. The minimum atomic E-state index is -1.95. The number of aliphatic carboxylic acids is 3. The number of rotatable bonds is 27. The number of nitrogens with two attached hydrogens (primary N) is 3. The normalized spacial score (nSPS) is 24.8. The van der Waals surface area contributed by atoms with Gasteiger partial charge in [0, 0.05) is 132 Å². The first-order chi connectivity index (χ1) is 63.6. The van der Waals surface area contributed by atoms with E-state index in [1.807, 2.05) is 0 Å². The fourth-order valence-electron chi connectivity index (χ4n) is 16.4. The van der Waals surface area contributed by atoms with Gasteiger partial charge in [-0.2, -0.15) is 0 Å². The molecule has 3 aromatic carbocycles. The highest BCUT2D eigenvalue weighted by Gasteiger charge is 2.47. The number of aromatic amines is 2. The molecule has 16 amide bonds. The van der Waals surface area contributed by atoms with Crippen LogP contribution in [0.3, 0.4) is 0 Å². The summed E-state index contributed by atoms with van der Waals surface area (Å²) in [7, 11) is 3.69. The van der Waals surface area contributed by atoms with Gasteiger partial charge in [0.15, 0.2) is 5.78 Å². The number of nitrogens with one attached hydrogen (secondary N) is 11. The van der Waals surface area contributed by atoms with Crippen LogP contribution in [0.2, 0.25) is 0 Å². The number of hydrogen-bond acceptors (Lipinski definition) is 24. The van der Waals surface area contributed by atoms with E-state index in [0.29, 0.717) is 63.1 Å². The fraction of sp³-hybridized carbons (Fsp3) is 0.528. The Kier molecular flexibility index (Phi) is 39.7. The molecule has 45 heteroatoms. The molecule has 15 atom stereocenters. The minimum absolute atomic E-state index is 0.0823. The van der Waals surface area contributed by atoms with Crippen LogP contribution in [-0.2, 0) is 115 Å². The van der Waals surface area contributed by atoms with E-state index in [0.717, 1.165) is 31.5 Å². The van der Waals surface area contributed by atoms with Crippen molar-refractivity contribution in [3.05, 3.63) is 102 Å². The highest BCUT2D eigenvalue weighted by Crippen LogP contribution is 2.30. The number of benzene rings is 3. The number of carbonyl (C=O) groups excluding carboxylic acids is 17. The number of aliphatic hydroxyl groups excluding tert-OH is 1. The van der Waals surface area contributed by atoms with Gasteiger partial charge < -0.3 is 125 Å². The number of carboxylic acid groups (broad SMARTS) is 3. The lowest BCUT2D eigenvalue weighted by molar-refractivity contribution is -0.149. The van der Waals surface area contributed by atoms with Gasteiger partial charge in [0.05, 0.1) is 30.9 Å². The van der Waals surface area contributed by atoms with Gasteiger partial charge in [-0.25, -0.2) is 0 Å². The standard InChI is InChI=1S/C89H121N19O25S/c1-7-9-20-66-83(127)98-59(29-32-75(117)118)81(125)103-65(79(123)95-43-72(92)113)45-134-46-73(114)96-61(34-48-23-25-52(109)26-24-48)85(129)104(4)47(3)77(121)100-63(39-76(119)120)88(132)107-33-15-22-67(107)84(128)102-64(40-90)82(126)99-60(27-30-71(91)112)87(131)108-44-53(110)38-69(108)70(111)37-49(35-50-41-93-56-18-13-11-16-54(50)56)78(122)97-58(28-31-74(115)116)80(124)101-62(36-51-42-94-57-19-14-12-17-55(51)57)86(130)106(6)68(21-10-8-2)89(133)105(66)5/h11-14,16-19,23-26,41-42,47,49,53,58-69,93-94,109-110H,7-10,15,20-22,27-40,43-46,90H2,1-6H3,(H2,91,112)(H2,92,113)(H,95,123)(H,96,114)(H,97,122)(H,98,127)(H,99,126)(H,100,121)(H,101,124)(H,102,128)(H,103,125)(H,115,116)(H,117,118)(H,119,120)/t47-,49+,53+,58-,59-,60-,61-,62-,63-,64-,65-,66-,67-,68-,69-/m0/s1. The molecular weight excluding hydrogens is 1770 g/mol. The summed E-state index contributed by atoms with van der Waals surface area (Å²) in [6.45, 7) is 2.49. The summed E-state index contributed by atoms with van der Waals surface area (Å²) in [6, 6.07) is -2.64. The maximum atomic E-state index is 15.8. The molecule has 5 heterocycles. The molecule has 0 aliphatic carbocycles. The summed E-state index contributed by atoms with van der Waals surface area (Å²) in [5.74, 6) is -24.8. The first-order valence-corrected chi connectivity index (χ1v) is 45.5. The Morgan fingerprint density at radius 2 is 1.02 bits per heavy atom. The number of carbonyl (C=O) groups is 20. The van der Waals surface area contributed by atoms with Gasteiger partial charge in [-0.15, -0.1) is 11.8 Å². The monoisotopic (exact) mass is 1890 g/mol. The van der Waals surface area contributed by atoms with E-state index < -0.39 is 298 Å². The Balaban J connectivity index is 1.21. The summed E-state index contributed by atoms with van der Waals surface area (Å²) in [4.78, 5) is 297. The van der Waals surface area contributed by atoms with E-state index in [9.17, 15) is 87.9 Å². The van der Waals surface area contributed by atoms with Gasteiger partial charge in [-0.3, -0.25) is 95.9 Å². The van der Waals surface area contributed by atoms with Crippen molar-refractivity contribution in [1.29, 1.82) is 0 Å². The predicted octanol–water partition coefficient (Wildman–Crippen LogP) is -2.55. The van der Waals surface area contributed by atoms with Crippen molar-refractivity contribution in [3.8, 4) is 5.75 Å². The Hall–Kier alpha value is -13.6. The zero-order chi connectivity index (χ0) is 98.5. The number of aromatic hydroxyl groups is 1. The number of carboxylic acids is 3. The van der Waals surface area contributed by atoms with Gasteiger partial charge in [0.1, 0.15) is 78.3 Å². The Morgan fingerprint density at radius 3 is 1.60 bits per heavy atom. The number of aliphatic hydroxyl groups is 1. The number of ketones is 1. The van der Waals surface area contributed by atoms with E-state index in [1.54, 1.807) is 74.8 Å². The third-order valence-electron chi connectivity index (χ3n) is 23.9. The number of H-pyrrole nitrogens is 2. The molecular formula is C89H121N19O25S. The topological polar surface area (TPSA) is 677 Å². The molecule has 44 nitrogen and oxygen atoms in total. The lowest BCUT2D eigenvalue weighted by Crippen LogP contribution is -2.61. The number of hydrogen-bond donors (Lipinski definition) is 19. The number of unbranched alkanes of at least 4 members (excludes halogenated alkanes) is 2. The molecule has 0 radical (unpaired) electrons. The molecule has 3 saturated heterocycles. The molecule has 134 heavy (non-hydrogen) atoms. The van der Waals surface area contributed by atoms with Crippen LogP contribution in [0.4, 0.5) is 0 Å². The SMILES string of the molecule is CCCC[C@H]1C(=O)N(C)[C@@H](CCCC)C(=O)N[C@@H](CCC(=O)O)C(=O)N[C@H](C(=O)NCC(N)=O)CSCC(=O)N[C@@H](Cc2ccc(O)cc2)C(=O)N(C)[C@@H](C)C(=O)N[C@@H](CC(=O)O)C(=O)N2CCC[C@H]2C(=O)N[C@@H](CN)C(=O)N[C@@H](CCC(N)=O)C(=O)N2C[C@H](O)C[C@H]2C(=O)C[C@@H](Cc2c[nH]c3ccccc23)C(=O)N[C@@H](CCC(=O)O)C(=O)N[C@@H](Cc2c[nH]c3ccccc23)C(=O)N1C. The van der Waals surface area contributed by atoms with Crippen molar-refractivity contribution < 1.29 is 121 Å². The van der Waals surface area contributed by atoms with E-state index in [2.05, 4.69) is 57.8 Å². The Morgan fingerprint density at radius 1 is 0.507 bits per heavy atom. The van der Waals surface area contributed by atoms with Crippen molar-refractivity contribution in [2.45, 2.75) is 234 Å². The number of para-hydroxylation sites is 2. The molecule has 0 unspecified atom stereocenters. The second-order valence-corrected chi connectivity index (χ2v) is 34.8. The second kappa shape index (κ2) is 50.3. The number of thioether (sulfide) groups is 1. The lowest BCUT2D eigenvalue weighted by atomic mass is 9.90. The number of likely N-dealkylation sites (N-methyl/N-ethyl adjacent to an activating group) is 3. The van der Waals surface area contributed by atoms with Gasteiger partial charge in [0.25, 0.3) is 0 Å². The molecule has 0 spiro atoms. The van der Waals surface area contributed by atoms with Crippen LogP contribution in [0.5, 0.6) is 5.75 Å². The van der Waals surface area contributed by atoms with E-state index in [4.69, 9.17) is 17.2 Å². The van der Waals surface area contributed by atoms with Crippen molar-refractivity contribution in [1.82, 2.24) is 82.3 Å². The summed E-state index contributed by atoms with van der Waals surface area (Å²) in [5, 5.41) is 75.7. The van der Waals surface area contributed by atoms with Crippen LogP contribution in [0, 0.1) is 5.92 Å². The van der Waals surface area contributed by atoms with Gasteiger partial charge in [0.2, 0.25) is 94.5 Å². The molecule has 728 valence electrons. The smallest absolute Gasteiger partial charge is 0.305 e. The van der Waals surface area contributed by atoms with Crippen molar-refractivity contribution in [3.63, 3.8) is 0 Å². The van der Waals surface area contributed by atoms with E-state index >= 15 is 33.6 Å². The van der Waals surface area contributed by atoms with E-state index in [-0.39, 0.29) is 70.1 Å². The van der Waals surface area contributed by atoms with Gasteiger partial charge in [-0.05, 0) is 99.2 Å². The van der Waals surface area contributed by atoms with E-state index in [1.165, 1.54) is 45.3 Å². The molecule has 22 N–H and O–H groups in total. The van der Waals surface area contributed by atoms with Crippen LogP contribution in [0.25, 0.3) is 21.8 Å². The number of nitrogens with zero attached hydrogens (tertiary/aromatic N) is 5. The molecule has 3 aliphatic heterocycles. The van der Waals surface area contributed by atoms with Crippen LogP contribution >= 0.6 is 11.8 Å². The zero-order valence-electron chi connectivity index (χ0n) is 75.4. The first kappa shape index (κ1) is 106. The number of aromatic nitrogens is 2. The highest BCUT2D eigenvalue weighted by molar-refractivity contribution is 8.00. The zero-order valence-corrected chi connectivity index (χ0v) is 76.2. The summed E-state index contributed by atoms with van der Waals surface area (Å²) < 4.78 is 0. The number of phenols is 1. The quantitative estimate of drug-likeness (QED) is 0.0257. The van der Waals surface area contributed by atoms with Crippen LogP contribution in [0.15, 0.2) is 85.2 Å². The molecule has 2 aromatic heterocycles. The second-order valence-electron chi connectivity index (χ2n) is 33.7. The minimum Gasteiger partial charge on any atom is -0.508 e. The summed E-state index contributed by atoms with van der Waals surface area (Å²) in [5.41, 5.74) is 19.5. The lowest BCUT2D eigenvalue weighted by Gasteiger charge is -2.36. The van der Waals surface area contributed by atoms with Crippen LogP contribution in [-0.4, -0.2) is 322 Å². The number of fused-ring (bicyclic) bond motifs is 4. The average Bonchev–Trinajstić information content (AvgIpc) is 1.55. The molecule has 5 aromatic rings. The summed E-state index contributed by atoms with van der Waals surface area (Å²) in [6.07, 6.45) is -4.43. The van der Waals surface area contributed by atoms with Gasteiger partial charge in [-0.1, -0.05) is 88.1 Å². The van der Waals surface area contributed by atoms with Gasteiger partial charge >= 0.3 is 17.9 Å². The Labute approximate surface area is 775 Å². The maximum Gasteiger partial charge on any atom is 0.305 e. The fourth-order valence-corrected chi connectivity index (χ4v) is 17.2. The van der Waals surface area contributed by atoms with Crippen LogP contribution < -0.4 is 65.1 Å². The number of primary amides is 2. The highest BCUT2D eigenvalue weighted by atomic mass is 32.2. The maximum absolute atomic E-state index is 15.8. The first-order valence-electron chi connectivity index (χ1n) is 44.3.